The van der Waals surface area contributed by atoms with Crippen molar-refractivity contribution in [2.24, 2.45) is 0 Å². The molecule has 1 aromatic carbocycles. The zero-order chi connectivity index (χ0) is 13.0. The van der Waals surface area contributed by atoms with E-state index in [1.807, 2.05) is 35.7 Å². The minimum atomic E-state index is 0.291. The number of hydrogen-bond donors (Lipinski definition) is 1. The predicted octanol–water partition coefficient (Wildman–Crippen LogP) is 4.49. The van der Waals surface area contributed by atoms with Crippen molar-refractivity contribution in [1.29, 1.82) is 0 Å². The van der Waals surface area contributed by atoms with Crippen molar-refractivity contribution in [3.63, 3.8) is 0 Å². The Balaban J connectivity index is 2.25. The molecule has 0 radical (unpaired) electrons. The van der Waals surface area contributed by atoms with Crippen molar-refractivity contribution in [2.45, 2.75) is 18.2 Å². The van der Waals surface area contributed by atoms with Crippen LogP contribution in [-0.2, 0) is 0 Å². The van der Waals surface area contributed by atoms with Gasteiger partial charge in [0.05, 0.1) is 10.0 Å². The highest BCUT2D eigenvalue weighted by Gasteiger charge is 2.27. The van der Waals surface area contributed by atoms with Gasteiger partial charge >= 0.3 is 0 Å². The molecule has 2 unspecified atom stereocenters. The first-order valence-electron chi connectivity index (χ1n) is 6.10. The number of benzene rings is 1. The van der Waals surface area contributed by atoms with Crippen molar-refractivity contribution < 1.29 is 0 Å². The number of halogens is 2. The Kier molecular flexibility index (Phi) is 6.02. The Bertz CT molecular complexity index is 395. The Hall–Kier alpha value is 0.460. The van der Waals surface area contributed by atoms with Crippen LogP contribution in [0.5, 0.6) is 0 Å². The minimum absolute atomic E-state index is 0.291. The van der Waals surface area contributed by atoms with E-state index in [4.69, 9.17) is 23.2 Å². The molecule has 1 saturated heterocycles. The van der Waals surface area contributed by atoms with Crippen LogP contribution in [0.4, 0.5) is 0 Å². The second-order valence-electron chi connectivity index (χ2n) is 4.16. The molecule has 0 spiro atoms. The van der Waals surface area contributed by atoms with E-state index in [0.29, 0.717) is 21.3 Å². The van der Waals surface area contributed by atoms with Crippen molar-refractivity contribution in [2.75, 3.05) is 23.8 Å². The fourth-order valence-electron chi connectivity index (χ4n) is 2.12. The highest BCUT2D eigenvalue weighted by Crippen LogP contribution is 2.38. The second-order valence-corrected chi connectivity index (χ2v) is 7.44. The lowest BCUT2D eigenvalue weighted by atomic mass is 10.0. The SMILES string of the molecule is CCNC(c1cccc(Cl)c1Cl)C1CSCCS1. The lowest BCUT2D eigenvalue weighted by Crippen LogP contribution is -2.33. The molecule has 1 fully saturated rings. The monoisotopic (exact) mass is 321 g/mol. The first-order valence-corrected chi connectivity index (χ1v) is 9.06. The zero-order valence-corrected chi connectivity index (χ0v) is 13.4. The van der Waals surface area contributed by atoms with E-state index in [1.54, 1.807) is 0 Å². The van der Waals surface area contributed by atoms with Gasteiger partial charge in [0.25, 0.3) is 0 Å². The number of hydrogen-bond acceptors (Lipinski definition) is 3. The minimum Gasteiger partial charge on any atom is -0.309 e. The summed E-state index contributed by atoms with van der Waals surface area (Å²) in [6, 6.07) is 6.20. The lowest BCUT2D eigenvalue weighted by molar-refractivity contribution is 0.551. The van der Waals surface area contributed by atoms with Gasteiger partial charge in [0.15, 0.2) is 0 Å². The van der Waals surface area contributed by atoms with Gasteiger partial charge in [-0.15, -0.1) is 0 Å². The quantitative estimate of drug-likeness (QED) is 0.877. The molecule has 0 amide bonds. The van der Waals surface area contributed by atoms with E-state index in [0.717, 1.165) is 12.1 Å². The van der Waals surface area contributed by atoms with Crippen LogP contribution < -0.4 is 5.32 Å². The van der Waals surface area contributed by atoms with Crippen LogP contribution in [0.15, 0.2) is 18.2 Å². The largest absolute Gasteiger partial charge is 0.309 e. The number of thioether (sulfide) groups is 2. The van der Waals surface area contributed by atoms with Gasteiger partial charge in [0.2, 0.25) is 0 Å². The lowest BCUT2D eigenvalue weighted by Gasteiger charge is -2.31. The maximum Gasteiger partial charge on any atom is 0.0640 e. The number of rotatable bonds is 4. The van der Waals surface area contributed by atoms with Gasteiger partial charge in [0.1, 0.15) is 0 Å². The summed E-state index contributed by atoms with van der Waals surface area (Å²) >= 11 is 16.5. The van der Waals surface area contributed by atoms with E-state index in [9.17, 15) is 0 Å². The van der Waals surface area contributed by atoms with Gasteiger partial charge in [0, 0.05) is 28.6 Å². The van der Waals surface area contributed by atoms with E-state index in [2.05, 4.69) is 18.3 Å². The van der Waals surface area contributed by atoms with Crippen LogP contribution in [-0.4, -0.2) is 29.1 Å². The van der Waals surface area contributed by atoms with Crippen LogP contribution in [0, 0.1) is 0 Å². The van der Waals surface area contributed by atoms with Crippen LogP contribution >= 0.6 is 46.7 Å². The molecule has 0 saturated carbocycles. The molecule has 18 heavy (non-hydrogen) atoms. The molecular weight excluding hydrogens is 305 g/mol. The Labute approximate surface area is 127 Å². The second kappa shape index (κ2) is 7.30. The zero-order valence-electron chi connectivity index (χ0n) is 10.3. The summed E-state index contributed by atoms with van der Waals surface area (Å²) in [6.07, 6.45) is 0. The maximum absolute atomic E-state index is 6.35. The molecule has 1 aliphatic rings. The van der Waals surface area contributed by atoms with Gasteiger partial charge in [-0.25, -0.2) is 0 Å². The summed E-state index contributed by atoms with van der Waals surface area (Å²) in [5, 5.41) is 5.47. The molecule has 1 aromatic rings. The molecule has 0 aliphatic carbocycles. The molecule has 5 heteroatoms. The standard InChI is InChI=1S/C13H17Cl2NS2/c1-2-16-13(11-8-17-6-7-18-11)9-4-3-5-10(14)12(9)15/h3-5,11,13,16H,2,6-8H2,1H3. The molecule has 0 aromatic heterocycles. The van der Waals surface area contributed by atoms with Crippen molar-refractivity contribution in [1.82, 2.24) is 5.32 Å². The first kappa shape index (κ1) is 14.9. The predicted molar refractivity (Wildman–Crippen MR) is 86.5 cm³/mol. The van der Waals surface area contributed by atoms with Crippen LogP contribution in [0.3, 0.4) is 0 Å². The van der Waals surface area contributed by atoms with Crippen LogP contribution in [0.25, 0.3) is 0 Å². The van der Waals surface area contributed by atoms with Crippen LogP contribution in [0.2, 0.25) is 10.0 Å². The van der Waals surface area contributed by atoms with E-state index >= 15 is 0 Å². The Morgan fingerprint density at radius 1 is 1.39 bits per heavy atom. The molecular formula is C13H17Cl2NS2. The summed E-state index contributed by atoms with van der Waals surface area (Å²) < 4.78 is 0. The third kappa shape index (κ3) is 3.51. The molecule has 1 nitrogen and oxygen atoms in total. The highest BCUT2D eigenvalue weighted by molar-refractivity contribution is 8.06. The summed E-state index contributed by atoms with van der Waals surface area (Å²) in [5.74, 6) is 3.64. The first-order chi connectivity index (χ1) is 8.74. The molecule has 100 valence electrons. The molecule has 1 N–H and O–H groups in total. The van der Waals surface area contributed by atoms with E-state index < -0.39 is 0 Å². The van der Waals surface area contributed by atoms with Gasteiger partial charge in [-0.1, -0.05) is 42.3 Å². The summed E-state index contributed by atoms with van der Waals surface area (Å²) in [7, 11) is 0. The average molecular weight is 322 g/mol. The van der Waals surface area contributed by atoms with E-state index in [1.165, 1.54) is 17.3 Å². The molecule has 2 rings (SSSR count). The van der Waals surface area contributed by atoms with Crippen molar-refractivity contribution in [3.8, 4) is 0 Å². The van der Waals surface area contributed by atoms with Crippen LogP contribution in [0.1, 0.15) is 18.5 Å². The van der Waals surface area contributed by atoms with Gasteiger partial charge in [-0.3, -0.25) is 0 Å². The fourth-order valence-corrected chi connectivity index (χ4v) is 5.41. The third-order valence-electron chi connectivity index (χ3n) is 2.95. The van der Waals surface area contributed by atoms with Crippen molar-refractivity contribution in [3.05, 3.63) is 33.8 Å². The Morgan fingerprint density at radius 3 is 2.89 bits per heavy atom. The summed E-state index contributed by atoms with van der Waals surface area (Å²) in [5.41, 5.74) is 1.13. The third-order valence-corrected chi connectivity index (χ3v) is 6.65. The van der Waals surface area contributed by atoms with Gasteiger partial charge < -0.3 is 5.32 Å². The number of nitrogens with one attached hydrogen (secondary N) is 1. The van der Waals surface area contributed by atoms with Crippen molar-refractivity contribution >= 4 is 46.7 Å². The molecule has 1 aliphatic heterocycles. The topological polar surface area (TPSA) is 12.0 Å². The fraction of sp³-hybridized carbons (Fsp3) is 0.538. The molecule has 0 bridgehead atoms. The Morgan fingerprint density at radius 2 is 2.22 bits per heavy atom. The smallest absolute Gasteiger partial charge is 0.0640 e. The normalized spacial score (nSPS) is 21.8. The molecule has 1 heterocycles. The summed E-state index contributed by atoms with van der Waals surface area (Å²) in [4.78, 5) is 0. The van der Waals surface area contributed by atoms with E-state index in [-0.39, 0.29) is 0 Å². The highest BCUT2D eigenvalue weighted by atomic mass is 35.5. The molecule has 2 atom stereocenters. The van der Waals surface area contributed by atoms with Gasteiger partial charge in [-0.2, -0.15) is 23.5 Å². The van der Waals surface area contributed by atoms with Gasteiger partial charge in [-0.05, 0) is 18.2 Å². The summed E-state index contributed by atoms with van der Waals surface area (Å²) in [6.45, 7) is 3.07. The maximum atomic E-state index is 6.35. The average Bonchev–Trinajstić information content (AvgIpc) is 2.41.